The van der Waals surface area contributed by atoms with Gasteiger partial charge < -0.3 is 9.80 Å². The van der Waals surface area contributed by atoms with E-state index in [0.29, 0.717) is 35.1 Å². The van der Waals surface area contributed by atoms with E-state index in [1.165, 1.54) is 0 Å². The first-order valence-electron chi connectivity index (χ1n) is 8.90. The van der Waals surface area contributed by atoms with Crippen molar-refractivity contribution in [3.8, 4) is 6.07 Å². The Balaban J connectivity index is 1.97. The van der Waals surface area contributed by atoms with Crippen LogP contribution in [-0.4, -0.2) is 29.4 Å². The summed E-state index contributed by atoms with van der Waals surface area (Å²) < 4.78 is 0. The third-order valence-corrected chi connectivity index (χ3v) is 5.59. The Morgan fingerprint density at radius 1 is 1.22 bits per heavy atom. The van der Waals surface area contributed by atoms with Gasteiger partial charge in [0.15, 0.2) is 0 Å². The second-order valence-electron chi connectivity index (χ2n) is 6.99. The molecule has 1 saturated heterocycles. The van der Waals surface area contributed by atoms with Crippen molar-refractivity contribution in [2.24, 2.45) is 0 Å². The minimum absolute atomic E-state index is 0.0141. The summed E-state index contributed by atoms with van der Waals surface area (Å²) in [5.41, 5.74) is 2.29. The molecule has 0 spiro atoms. The minimum atomic E-state index is 0.0141. The maximum atomic E-state index is 12.5. The summed E-state index contributed by atoms with van der Waals surface area (Å²) in [4.78, 5) is 16.5. The van der Waals surface area contributed by atoms with Gasteiger partial charge in [0, 0.05) is 36.3 Å². The molecule has 0 aliphatic carbocycles. The van der Waals surface area contributed by atoms with Gasteiger partial charge >= 0.3 is 0 Å². The van der Waals surface area contributed by atoms with Gasteiger partial charge in [0.1, 0.15) is 6.07 Å². The molecule has 0 saturated carbocycles. The summed E-state index contributed by atoms with van der Waals surface area (Å²) in [5, 5.41) is 10.2. The highest BCUT2D eigenvalue weighted by Crippen LogP contribution is 2.31. The number of nitrogens with zero attached hydrogens (tertiary/aromatic N) is 3. The number of amides is 1. The van der Waals surface area contributed by atoms with Gasteiger partial charge in [0.2, 0.25) is 5.91 Å². The topological polar surface area (TPSA) is 47.3 Å². The third kappa shape index (κ3) is 4.21. The number of benzene rings is 2. The number of halogens is 2. The van der Waals surface area contributed by atoms with Gasteiger partial charge in [-0.25, -0.2) is 0 Å². The lowest BCUT2D eigenvalue weighted by molar-refractivity contribution is -0.129. The van der Waals surface area contributed by atoms with Gasteiger partial charge in [-0.2, -0.15) is 5.26 Å². The molecule has 2 aromatic carbocycles. The molecule has 6 heteroatoms. The molecule has 2 aromatic rings. The average Bonchev–Trinajstić information content (AvgIpc) is 3.02. The van der Waals surface area contributed by atoms with Crippen molar-refractivity contribution in [3.05, 3.63) is 63.6 Å². The standard InChI is InChI=1S/C21H21Cl2N3O/c1-14(2)25-13-18(10-21(25)27)26(12-16-5-3-4-6-19(16)22)17-8-7-15(11-24)20(23)9-17/h3-9,14,18H,10,12-13H2,1-2H3/t18-/m0/s1. The lowest BCUT2D eigenvalue weighted by Crippen LogP contribution is -2.39. The number of carbonyl (C=O) groups excluding carboxylic acids is 1. The molecule has 1 aliphatic heterocycles. The minimum Gasteiger partial charge on any atom is -0.362 e. The van der Waals surface area contributed by atoms with Crippen LogP contribution in [0.3, 0.4) is 0 Å². The fourth-order valence-corrected chi connectivity index (χ4v) is 3.85. The van der Waals surface area contributed by atoms with Crippen LogP contribution in [0.15, 0.2) is 42.5 Å². The van der Waals surface area contributed by atoms with Crippen LogP contribution >= 0.6 is 23.2 Å². The van der Waals surface area contributed by atoms with Crippen LogP contribution in [0.25, 0.3) is 0 Å². The molecule has 0 radical (unpaired) electrons. The Kier molecular flexibility index (Phi) is 5.94. The van der Waals surface area contributed by atoms with Crippen molar-refractivity contribution in [1.82, 2.24) is 4.90 Å². The highest BCUT2D eigenvalue weighted by Gasteiger charge is 2.35. The van der Waals surface area contributed by atoms with E-state index in [4.69, 9.17) is 28.5 Å². The van der Waals surface area contributed by atoms with Crippen LogP contribution in [0, 0.1) is 11.3 Å². The third-order valence-electron chi connectivity index (χ3n) is 4.91. The van der Waals surface area contributed by atoms with Gasteiger partial charge in [-0.3, -0.25) is 4.79 Å². The molecule has 0 bridgehead atoms. The molecule has 1 heterocycles. The Morgan fingerprint density at radius 2 is 1.96 bits per heavy atom. The van der Waals surface area contributed by atoms with Crippen molar-refractivity contribution in [2.45, 2.75) is 38.9 Å². The molecule has 27 heavy (non-hydrogen) atoms. The van der Waals surface area contributed by atoms with Crippen molar-refractivity contribution in [1.29, 1.82) is 5.26 Å². The zero-order valence-electron chi connectivity index (χ0n) is 15.3. The van der Waals surface area contributed by atoms with Crippen LogP contribution in [0.1, 0.15) is 31.4 Å². The molecule has 3 rings (SSSR count). The van der Waals surface area contributed by atoms with Gasteiger partial charge in [-0.05, 0) is 43.7 Å². The van der Waals surface area contributed by atoms with Crippen LogP contribution in [0.2, 0.25) is 10.0 Å². The van der Waals surface area contributed by atoms with Crippen LogP contribution < -0.4 is 4.90 Å². The number of rotatable bonds is 5. The molecule has 4 nitrogen and oxygen atoms in total. The first-order chi connectivity index (χ1) is 12.9. The van der Waals surface area contributed by atoms with Crippen LogP contribution in [0.4, 0.5) is 5.69 Å². The highest BCUT2D eigenvalue weighted by molar-refractivity contribution is 6.32. The molecule has 1 aliphatic rings. The van der Waals surface area contributed by atoms with E-state index in [2.05, 4.69) is 11.0 Å². The summed E-state index contributed by atoms with van der Waals surface area (Å²) in [6.45, 7) is 5.26. The molecule has 1 fully saturated rings. The molecule has 0 aromatic heterocycles. The molecule has 0 unspecified atom stereocenters. The number of anilines is 1. The first-order valence-corrected chi connectivity index (χ1v) is 9.65. The van der Waals surface area contributed by atoms with Crippen molar-refractivity contribution in [3.63, 3.8) is 0 Å². The molecule has 140 valence electrons. The Bertz CT molecular complexity index is 891. The van der Waals surface area contributed by atoms with Crippen molar-refractivity contribution < 1.29 is 4.79 Å². The number of carbonyl (C=O) groups is 1. The van der Waals surface area contributed by atoms with Crippen molar-refractivity contribution in [2.75, 3.05) is 11.4 Å². The zero-order valence-corrected chi connectivity index (χ0v) is 16.8. The number of likely N-dealkylation sites (tertiary alicyclic amines) is 1. The molecular formula is C21H21Cl2N3O. The Hall–Kier alpha value is -2.22. The fraction of sp³-hybridized carbons (Fsp3) is 0.333. The molecule has 1 amide bonds. The Labute approximate surface area is 169 Å². The van der Waals surface area contributed by atoms with E-state index in [9.17, 15) is 4.79 Å². The predicted molar refractivity (Wildman–Crippen MR) is 109 cm³/mol. The summed E-state index contributed by atoms with van der Waals surface area (Å²) in [7, 11) is 0. The van der Waals surface area contributed by atoms with E-state index in [0.717, 1.165) is 11.3 Å². The zero-order chi connectivity index (χ0) is 19.6. The normalized spacial score (nSPS) is 16.7. The second-order valence-corrected chi connectivity index (χ2v) is 7.81. The largest absolute Gasteiger partial charge is 0.362 e. The number of hydrogen-bond donors (Lipinski definition) is 0. The average molecular weight is 402 g/mol. The summed E-state index contributed by atoms with van der Waals surface area (Å²) in [6.07, 6.45) is 0.445. The van der Waals surface area contributed by atoms with Gasteiger partial charge in [0.05, 0.1) is 16.6 Å². The molecule has 0 N–H and O–H groups in total. The van der Waals surface area contributed by atoms with Gasteiger partial charge in [-0.1, -0.05) is 41.4 Å². The summed E-state index contributed by atoms with van der Waals surface area (Å²) >= 11 is 12.6. The van der Waals surface area contributed by atoms with E-state index in [-0.39, 0.29) is 18.0 Å². The smallest absolute Gasteiger partial charge is 0.225 e. The van der Waals surface area contributed by atoms with E-state index in [1.54, 1.807) is 12.1 Å². The number of hydrogen-bond acceptors (Lipinski definition) is 3. The first kappa shape index (κ1) is 19.5. The number of nitriles is 1. The maximum Gasteiger partial charge on any atom is 0.225 e. The lowest BCUT2D eigenvalue weighted by atomic mass is 10.1. The Morgan fingerprint density at radius 3 is 2.56 bits per heavy atom. The molecule has 1 atom stereocenters. The van der Waals surface area contributed by atoms with Gasteiger partial charge in [0.25, 0.3) is 0 Å². The summed E-state index contributed by atoms with van der Waals surface area (Å²) in [5.74, 6) is 0.152. The summed E-state index contributed by atoms with van der Waals surface area (Å²) in [6, 6.07) is 15.3. The van der Waals surface area contributed by atoms with Gasteiger partial charge in [-0.15, -0.1) is 0 Å². The SMILES string of the molecule is CC(C)N1C[C@@H](N(Cc2ccccc2Cl)c2ccc(C#N)c(Cl)c2)CC1=O. The monoisotopic (exact) mass is 401 g/mol. The van der Waals surface area contributed by atoms with Crippen LogP contribution in [0.5, 0.6) is 0 Å². The second kappa shape index (κ2) is 8.21. The van der Waals surface area contributed by atoms with Crippen molar-refractivity contribution >= 4 is 34.8 Å². The highest BCUT2D eigenvalue weighted by atomic mass is 35.5. The quantitative estimate of drug-likeness (QED) is 0.716. The maximum absolute atomic E-state index is 12.5. The van der Waals surface area contributed by atoms with Crippen LogP contribution in [-0.2, 0) is 11.3 Å². The lowest BCUT2D eigenvalue weighted by Gasteiger charge is -2.32. The van der Waals surface area contributed by atoms with E-state index in [1.807, 2.05) is 49.1 Å². The molecular weight excluding hydrogens is 381 g/mol. The van der Waals surface area contributed by atoms with E-state index < -0.39 is 0 Å². The van der Waals surface area contributed by atoms with E-state index >= 15 is 0 Å². The fourth-order valence-electron chi connectivity index (χ4n) is 3.43. The predicted octanol–water partition coefficient (Wildman–Crippen LogP) is 4.88.